The third-order valence-electron chi connectivity index (χ3n) is 2.95. The summed E-state index contributed by atoms with van der Waals surface area (Å²) in [6.45, 7) is 2.80. The molecule has 1 unspecified atom stereocenters. The Bertz CT molecular complexity index is 539. The first kappa shape index (κ1) is 13.7. The molecular formula is C13H16Cl2N2O. The molecule has 0 saturated carbocycles. The van der Waals surface area contributed by atoms with E-state index in [-0.39, 0.29) is 6.10 Å². The number of imidazole rings is 1. The molecule has 0 aliphatic rings. The van der Waals surface area contributed by atoms with E-state index in [9.17, 15) is 0 Å². The number of alkyl halides is 1. The van der Waals surface area contributed by atoms with E-state index in [2.05, 4.69) is 9.55 Å². The van der Waals surface area contributed by atoms with E-state index in [4.69, 9.17) is 27.9 Å². The average molecular weight is 287 g/mol. The zero-order chi connectivity index (χ0) is 13.1. The second-order valence-electron chi connectivity index (χ2n) is 4.26. The molecule has 0 N–H and O–H groups in total. The Kier molecular flexibility index (Phi) is 4.49. The summed E-state index contributed by atoms with van der Waals surface area (Å²) in [6, 6.07) is 5.75. The highest BCUT2D eigenvalue weighted by Crippen LogP contribution is 2.21. The van der Waals surface area contributed by atoms with Crippen LogP contribution in [-0.2, 0) is 17.7 Å². The smallest absolute Gasteiger partial charge is 0.111 e. The zero-order valence-corrected chi connectivity index (χ0v) is 12.0. The zero-order valence-electron chi connectivity index (χ0n) is 10.5. The molecule has 3 nitrogen and oxygen atoms in total. The van der Waals surface area contributed by atoms with E-state index in [1.807, 2.05) is 25.1 Å². The van der Waals surface area contributed by atoms with Crippen LogP contribution in [0.25, 0.3) is 11.0 Å². The molecule has 1 atom stereocenters. The van der Waals surface area contributed by atoms with Crippen LogP contribution in [0.15, 0.2) is 18.2 Å². The van der Waals surface area contributed by atoms with Crippen LogP contribution in [-0.4, -0.2) is 28.6 Å². The lowest BCUT2D eigenvalue weighted by atomic mass is 10.3. The van der Waals surface area contributed by atoms with Crippen LogP contribution in [0.4, 0.5) is 0 Å². The van der Waals surface area contributed by atoms with Crippen LogP contribution in [0, 0.1) is 0 Å². The number of methoxy groups -OCH3 is 1. The van der Waals surface area contributed by atoms with Crippen molar-refractivity contribution in [2.45, 2.75) is 26.0 Å². The van der Waals surface area contributed by atoms with E-state index >= 15 is 0 Å². The minimum atomic E-state index is 0.132. The molecule has 0 aliphatic heterocycles. The monoisotopic (exact) mass is 286 g/mol. The van der Waals surface area contributed by atoms with Crippen molar-refractivity contribution in [3.8, 4) is 0 Å². The molecule has 1 aromatic carbocycles. The minimum Gasteiger partial charge on any atom is -0.380 e. The van der Waals surface area contributed by atoms with Gasteiger partial charge in [0.25, 0.3) is 0 Å². The molecule has 18 heavy (non-hydrogen) atoms. The van der Waals surface area contributed by atoms with Gasteiger partial charge in [-0.05, 0) is 25.1 Å². The van der Waals surface area contributed by atoms with Crippen LogP contribution < -0.4 is 0 Å². The van der Waals surface area contributed by atoms with Gasteiger partial charge in [-0.1, -0.05) is 11.6 Å². The Balaban J connectivity index is 2.48. The third kappa shape index (κ3) is 2.79. The van der Waals surface area contributed by atoms with Gasteiger partial charge in [0, 0.05) is 24.4 Å². The number of halogens is 2. The number of benzene rings is 1. The van der Waals surface area contributed by atoms with Crippen molar-refractivity contribution in [2.75, 3.05) is 13.0 Å². The highest BCUT2D eigenvalue weighted by Gasteiger charge is 2.13. The Labute approximate surface area is 117 Å². The molecule has 0 aliphatic carbocycles. The maximum absolute atomic E-state index is 5.99. The second-order valence-corrected chi connectivity index (χ2v) is 5.07. The fourth-order valence-corrected chi connectivity index (χ4v) is 2.30. The number of rotatable bonds is 5. The first-order chi connectivity index (χ1) is 8.65. The third-order valence-corrected chi connectivity index (χ3v) is 3.37. The van der Waals surface area contributed by atoms with Gasteiger partial charge in [0.15, 0.2) is 0 Å². The lowest BCUT2D eigenvalue weighted by Gasteiger charge is -2.13. The Morgan fingerprint density at radius 3 is 2.89 bits per heavy atom. The van der Waals surface area contributed by atoms with E-state index in [0.29, 0.717) is 10.9 Å². The van der Waals surface area contributed by atoms with Crippen molar-refractivity contribution >= 4 is 34.2 Å². The number of fused-ring (bicyclic) bond motifs is 1. The highest BCUT2D eigenvalue weighted by molar-refractivity contribution is 6.31. The fraction of sp³-hybridized carbons (Fsp3) is 0.462. The Hall–Kier alpha value is -0.770. The van der Waals surface area contributed by atoms with Crippen molar-refractivity contribution in [1.82, 2.24) is 9.55 Å². The van der Waals surface area contributed by atoms with Gasteiger partial charge in [-0.2, -0.15) is 0 Å². The van der Waals surface area contributed by atoms with Gasteiger partial charge in [0.05, 0.1) is 23.7 Å². The van der Waals surface area contributed by atoms with Crippen LogP contribution in [0.3, 0.4) is 0 Å². The SMILES string of the molecule is COC(C)Cn1c(CCCl)nc2cc(Cl)ccc21. The summed E-state index contributed by atoms with van der Waals surface area (Å²) >= 11 is 11.8. The Morgan fingerprint density at radius 1 is 1.44 bits per heavy atom. The summed E-state index contributed by atoms with van der Waals surface area (Å²) in [5.41, 5.74) is 1.98. The largest absolute Gasteiger partial charge is 0.380 e. The van der Waals surface area contributed by atoms with E-state index in [1.165, 1.54) is 0 Å². The molecule has 98 valence electrons. The number of aryl methyl sites for hydroxylation is 1. The van der Waals surface area contributed by atoms with E-state index < -0.39 is 0 Å². The van der Waals surface area contributed by atoms with Gasteiger partial charge >= 0.3 is 0 Å². The van der Waals surface area contributed by atoms with E-state index in [1.54, 1.807) is 7.11 Å². The summed E-state index contributed by atoms with van der Waals surface area (Å²) in [5.74, 6) is 1.53. The maximum Gasteiger partial charge on any atom is 0.111 e. The standard InChI is InChI=1S/C13H16Cl2N2O/c1-9(18-2)8-17-12-4-3-10(15)7-11(12)16-13(17)5-6-14/h3-4,7,9H,5-6,8H2,1-2H3. The van der Waals surface area contributed by atoms with Gasteiger partial charge in [-0.15, -0.1) is 11.6 Å². The molecule has 1 aromatic heterocycles. The van der Waals surface area contributed by atoms with Gasteiger partial charge in [0.2, 0.25) is 0 Å². The molecule has 0 radical (unpaired) electrons. The number of hydrogen-bond donors (Lipinski definition) is 0. The summed E-state index contributed by atoms with van der Waals surface area (Å²) in [6.07, 6.45) is 0.872. The van der Waals surface area contributed by atoms with Crippen molar-refractivity contribution in [3.63, 3.8) is 0 Å². The van der Waals surface area contributed by atoms with Crippen molar-refractivity contribution in [3.05, 3.63) is 29.0 Å². The summed E-state index contributed by atoms with van der Waals surface area (Å²) in [5, 5.41) is 0.698. The van der Waals surface area contributed by atoms with Gasteiger partial charge in [-0.3, -0.25) is 0 Å². The predicted molar refractivity (Wildman–Crippen MR) is 75.6 cm³/mol. The topological polar surface area (TPSA) is 27.1 Å². The molecule has 5 heteroatoms. The van der Waals surface area contributed by atoms with Crippen LogP contribution in [0.1, 0.15) is 12.7 Å². The number of nitrogens with zero attached hydrogens (tertiary/aromatic N) is 2. The molecule has 0 amide bonds. The summed E-state index contributed by atoms with van der Waals surface area (Å²) in [4.78, 5) is 4.59. The summed E-state index contributed by atoms with van der Waals surface area (Å²) in [7, 11) is 1.71. The summed E-state index contributed by atoms with van der Waals surface area (Å²) < 4.78 is 7.48. The van der Waals surface area contributed by atoms with Gasteiger partial charge < -0.3 is 9.30 Å². The number of ether oxygens (including phenoxy) is 1. The lowest BCUT2D eigenvalue weighted by Crippen LogP contribution is -2.17. The quantitative estimate of drug-likeness (QED) is 0.787. The minimum absolute atomic E-state index is 0.132. The van der Waals surface area contributed by atoms with Crippen LogP contribution >= 0.6 is 23.2 Å². The molecule has 0 fully saturated rings. The maximum atomic E-state index is 5.99. The number of hydrogen-bond acceptors (Lipinski definition) is 2. The van der Waals surface area contributed by atoms with Crippen LogP contribution in [0.2, 0.25) is 5.02 Å². The van der Waals surface area contributed by atoms with Crippen molar-refractivity contribution < 1.29 is 4.74 Å². The average Bonchev–Trinajstić information content (AvgIpc) is 2.67. The molecule has 0 bridgehead atoms. The lowest BCUT2D eigenvalue weighted by molar-refractivity contribution is 0.103. The first-order valence-corrected chi connectivity index (χ1v) is 6.80. The highest BCUT2D eigenvalue weighted by atomic mass is 35.5. The molecule has 0 saturated heterocycles. The molecule has 2 aromatic rings. The Morgan fingerprint density at radius 2 is 2.22 bits per heavy atom. The van der Waals surface area contributed by atoms with Crippen LogP contribution in [0.5, 0.6) is 0 Å². The van der Waals surface area contributed by atoms with Crippen molar-refractivity contribution in [1.29, 1.82) is 0 Å². The number of aromatic nitrogens is 2. The van der Waals surface area contributed by atoms with Gasteiger partial charge in [-0.25, -0.2) is 4.98 Å². The van der Waals surface area contributed by atoms with Gasteiger partial charge in [0.1, 0.15) is 5.82 Å². The predicted octanol–water partition coefficient (Wildman–Crippen LogP) is 3.51. The first-order valence-electron chi connectivity index (χ1n) is 5.89. The fourth-order valence-electron chi connectivity index (χ4n) is 1.96. The van der Waals surface area contributed by atoms with E-state index in [0.717, 1.165) is 29.8 Å². The second kappa shape index (κ2) is 5.91. The normalized spacial score (nSPS) is 13.1. The van der Waals surface area contributed by atoms with Crippen molar-refractivity contribution in [2.24, 2.45) is 0 Å². The molecular weight excluding hydrogens is 271 g/mol. The molecule has 1 heterocycles. The molecule has 2 rings (SSSR count). The molecule has 0 spiro atoms.